The van der Waals surface area contributed by atoms with Gasteiger partial charge in [0, 0.05) is 26.7 Å². The van der Waals surface area contributed by atoms with Crippen LogP contribution in [0, 0.1) is 0 Å². The van der Waals surface area contributed by atoms with Crippen LogP contribution in [0.4, 0.5) is 0 Å². The van der Waals surface area contributed by atoms with Gasteiger partial charge in [-0.05, 0) is 43.3 Å². The van der Waals surface area contributed by atoms with Crippen molar-refractivity contribution in [2.24, 2.45) is 5.73 Å². The number of rotatable bonds is 5. The zero-order chi connectivity index (χ0) is 15.4. The minimum atomic E-state index is -0.112. The molecule has 3 nitrogen and oxygen atoms in total. The number of halogens is 2. The molecule has 2 aromatic rings. The molecular weight excluding hydrogens is 354 g/mol. The summed E-state index contributed by atoms with van der Waals surface area (Å²) in [7, 11) is 1.62. The molecule has 1 atom stereocenters. The first-order valence-electron chi connectivity index (χ1n) is 6.51. The van der Waals surface area contributed by atoms with Gasteiger partial charge in [-0.25, -0.2) is 0 Å². The van der Waals surface area contributed by atoms with E-state index in [0.717, 1.165) is 27.1 Å². The zero-order valence-electron chi connectivity index (χ0n) is 11.9. The summed E-state index contributed by atoms with van der Waals surface area (Å²) in [6.45, 7) is 2.29. The average molecular weight is 371 g/mol. The lowest BCUT2D eigenvalue weighted by atomic mass is 10.1. The monoisotopic (exact) mass is 369 g/mol. The van der Waals surface area contributed by atoms with E-state index in [1.54, 1.807) is 13.2 Å². The quantitative estimate of drug-likeness (QED) is 0.829. The molecule has 0 heterocycles. The maximum absolute atomic E-state index is 6.02. The molecule has 21 heavy (non-hydrogen) atoms. The molecule has 2 rings (SSSR count). The first-order valence-corrected chi connectivity index (χ1v) is 7.68. The highest BCUT2D eigenvalue weighted by Crippen LogP contribution is 2.30. The molecule has 0 aliphatic carbocycles. The standard InChI is InChI=1S/C16H17BrClNO2/c1-10(19)14-8-12(17)3-5-16(14)21-9-11-7-13(18)4-6-15(11)20-2/h3-8,10H,9,19H2,1-2H3/t10-/m0/s1. The van der Waals surface area contributed by atoms with Gasteiger partial charge in [0.05, 0.1) is 7.11 Å². The molecule has 0 saturated carbocycles. The second-order valence-electron chi connectivity index (χ2n) is 4.72. The lowest BCUT2D eigenvalue weighted by molar-refractivity contribution is 0.292. The Hall–Kier alpha value is -1.23. The van der Waals surface area contributed by atoms with Crippen LogP contribution in [-0.2, 0) is 6.61 Å². The van der Waals surface area contributed by atoms with Crippen LogP contribution in [0.1, 0.15) is 24.1 Å². The van der Waals surface area contributed by atoms with Gasteiger partial charge in [0.2, 0.25) is 0 Å². The maximum atomic E-state index is 6.02. The SMILES string of the molecule is COc1ccc(Cl)cc1COc1ccc(Br)cc1[C@H](C)N. The van der Waals surface area contributed by atoms with E-state index < -0.39 is 0 Å². The van der Waals surface area contributed by atoms with Gasteiger partial charge in [-0.3, -0.25) is 0 Å². The Balaban J connectivity index is 2.22. The summed E-state index contributed by atoms with van der Waals surface area (Å²) in [5.41, 5.74) is 7.83. The largest absolute Gasteiger partial charge is 0.496 e. The van der Waals surface area contributed by atoms with E-state index in [-0.39, 0.29) is 6.04 Å². The van der Waals surface area contributed by atoms with E-state index in [4.69, 9.17) is 26.8 Å². The van der Waals surface area contributed by atoms with Crippen LogP contribution in [0.5, 0.6) is 11.5 Å². The molecule has 0 saturated heterocycles. The number of nitrogens with two attached hydrogens (primary N) is 1. The Kier molecular flexibility index (Phi) is 5.51. The molecule has 0 aromatic heterocycles. The maximum Gasteiger partial charge on any atom is 0.125 e. The van der Waals surface area contributed by atoms with E-state index in [2.05, 4.69) is 15.9 Å². The fourth-order valence-electron chi connectivity index (χ4n) is 2.02. The number of ether oxygens (including phenoxy) is 2. The van der Waals surface area contributed by atoms with Gasteiger partial charge in [0.25, 0.3) is 0 Å². The van der Waals surface area contributed by atoms with Crippen molar-refractivity contribution in [1.29, 1.82) is 0 Å². The number of benzene rings is 2. The van der Waals surface area contributed by atoms with Gasteiger partial charge in [-0.15, -0.1) is 0 Å². The van der Waals surface area contributed by atoms with E-state index >= 15 is 0 Å². The van der Waals surface area contributed by atoms with Crippen LogP contribution >= 0.6 is 27.5 Å². The molecule has 2 aromatic carbocycles. The third kappa shape index (κ3) is 4.13. The molecule has 5 heteroatoms. The Labute approximate surface area is 138 Å². The van der Waals surface area contributed by atoms with Crippen LogP contribution in [0.2, 0.25) is 5.02 Å². The van der Waals surface area contributed by atoms with Gasteiger partial charge in [-0.2, -0.15) is 0 Å². The van der Waals surface area contributed by atoms with Gasteiger partial charge in [0.1, 0.15) is 18.1 Å². The minimum Gasteiger partial charge on any atom is -0.496 e. The van der Waals surface area contributed by atoms with Crippen molar-refractivity contribution in [2.75, 3.05) is 7.11 Å². The van der Waals surface area contributed by atoms with E-state index in [1.807, 2.05) is 37.3 Å². The Morgan fingerprint density at radius 3 is 2.57 bits per heavy atom. The van der Waals surface area contributed by atoms with Crippen molar-refractivity contribution in [3.8, 4) is 11.5 Å². The fraction of sp³-hybridized carbons (Fsp3) is 0.250. The summed E-state index contributed by atoms with van der Waals surface area (Å²) in [6, 6.07) is 11.1. The second kappa shape index (κ2) is 7.16. The molecule has 0 amide bonds. The summed E-state index contributed by atoms with van der Waals surface area (Å²) >= 11 is 9.47. The molecule has 0 radical (unpaired) electrons. The molecule has 0 aliphatic heterocycles. The summed E-state index contributed by atoms with van der Waals surface area (Å²) in [5.74, 6) is 1.51. The van der Waals surface area contributed by atoms with Crippen LogP contribution < -0.4 is 15.2 Å². The predicted octanol–water partition coefficient (Wildman–Crippen LogP) is 4.71. The van der Waals surface area contributed by atoms with Crippen molar-refractivity contribution in [1.82, 2.24) is 0 Å². The van der Waals surface area contributed by atoms with E-state index in [1.165, 1.54) is 0 Å². The molecule has 0 bridgehead atoms. The molecule has 0 unspecified atom stereocenters. The highest BCUT2D eigenvalue weighted by Gasteiger charge is 2.11. The van der Waals surface area contributed by atoms with E-state index in [9.17, 15) is 0 Å². The Morgan fingerprint density at radius 2 is 1.90 bits per heavy atom. The predicted molar refractivity (Wildman–Crippen MR) is 89.1 cm³/mol. The van der Waals surface area contributed by atoms with Gasteiger partial charge >= 0.3 is 0 Å². The molecular formula is C16H17BrClNO2. The van der Waals surface area contributed by atoms with Crippen LogP contribution in [0.3, 0.4) is 0 Å². The number of hydrogen-bond acceptors (Lipinski definition) is 3. The van der Waals surface area contributed by atoms with Crippen molar-refractivity contribution in [3.05, 3.63) is 57.0 Å². The molecule has 0 spiro atoms. The molecule has 0 aliphatic rings. The minimum absolute atomic E-state index is 0.112. The second-order valence-corrected chi connectivity index (χ2v) is 6.07. The van der Waals surface area contributed by atoms with Crippen molar-refractivity contribution in [2.45, 2.75) is 19.6 Å². The topological polar surface area (TPSA) is 44.5 Å². The normalized spacial score (nSPS) is 12.0. The van der Waals surface area contributed by atoms with Crippen molar-refractivity contribution < 1.29 is 9.47 Å². The van der Waals surface area contributed by atoms with Gasteiger partial charge < -0.3 is 15.2 Å². The average Bonchev–Trinajstić information content (AvgIpc) is 2.46. The van der Waals surface area contributed by atoms with Crippen LogP contribution in [0.25, 0.3) is 0 Å². The van der Waals surface area contributed by atoms with E-state index in [0.29, 0.717) is 11.6 Å². The van der Waals surface area contributed by atoms with Crippen LogP contribution in [-0.4, -0.2) is 7.11 Å². The Morgan fingerprint density at radius 1 is 1.19 bits per heavy atom. The summed E-state index contributed by atoms with van der Waals surface area (Å²) in [6.07, 6.45) is 0. The first kappa shape index (κ1) is 16.1. The Bertz CT molecular complexity index is 632. The fourth-order valence-corrected chi connectivity index (χ4v) is 2.60. The highest BCUT2D eigenvalue weighted by atomic mass is 79.9. The summed E-state index contributed by atoms with van der Waals surface area (Å²) < 4.78 is 12.2. The van der Waals surface area contributed by atoms with Crippen LogP contribution in [0.15, 0.2) is 40.9 Å². The number of methoxy groups -OCH3 is 1. The highest BCUT2D eigenvalue weighted by molar-refractivity contribution is 9.10. The summed E-state index contributed by atoms with van der Waals surface area (Å²) in [5, 5.41) is 0.651. The van der Waals surface area contributed by atoms with Crippen molar-refractivity contribution >= 4 is 27.5 Å². The lowest BCUT2D eigenvalue weighted by Gasteiger charge is -2.16. The van der Waals surface area contributed by atoms with Crippen molar-refractivity contribution in [3.63, 3.8) is 0 Å². The molecule has 112 valence electrons. The summed E-state index contributed by atoms with van der Waals surface area (Å²) in [4.78, 5) is 0. The lowest BCUT2D eigenvalue weighted by Crippen LogP contribution is -2.08. The molecule has 2 N–H and O–H groups in total. The first-order chi connectivity index (χ1) is 10.0. The third-order valence-electron chi connectivity index (χ3n) is 3.09. The number of hydrogen-bond donors (Lipinski definition) is 1. The smallest absolute Gasteiger partial charge is 0.125 e. The zero-order valence-corrected chi connectivity index (χ0v) is 14.2. The third-order valence-corrected chi connectivity index (χ3v) is 3.82. The van der Waals surface area contributed by atoms with Gasteiger partial charge in [-0.1, -0.05) is 27.5 Å². The molecule has 0 fully saturated rings. The van der Waals surface area contributed by atoms with Gasteiger partial charge in [0.15, 0.2) is 0 Å².